The predicted octanol–water partition coefficient (Wildman–Crippen LogP) is 1.51. The maximum absolute atomic E-state index is 11.0. The summed E-state index contributed by atoms with van der Waals surface area (Å²) in [5.41, 5.74) is 0.974. The Labute approximate surface area is 108 Å². The quantitative estimate of drug-likeness (QED) is 0.881. The number of nitrogens with zero attached hydrogens (tertiary/aromatic N) is 2. The zero-order valence-electron chi connectivity index (χ0n) is 11.3. The zero-order chi connectivity index (χ0) is 13.1. The van der Waals surface area contributed by atoms with Crippen LogP contribution in [0, 0.1) is 0 Å². The molecule has 1 saturated heterocycles. The predicted molar refractivity (Wildman–Crippen MR) is 68.1 cm³/mol. The maximum atomic E-state index is 11.0. The van der Waals surface area contributed by atoms with E-state index in [1.807, 2.05) is 0 Å². The summed E-state index contributed by atoms with van der Waals surface area (Å²) in [4.78, 5) is 17.7. The molecule has 0 spiro atoms. The van der Waals surface area contributed by atoms with Crippen molar-refractivity contribution >= 4 is 5.91 Å². The number of hydrogen-bond donors (Lipinski definition) is 1. The first kappa shape index (κ1) is 13.1. The van der Waals surface area contributed by atoms with Crippen molar-refractivity contribution < 1.29 is 9.21 Å². The molecular weight excluding hydrogens is 230 g/mol. The Hall–Kier alpha value is -1.36. The molecule has 100 valence electrons. The van der Waals surface area contributed by atoms with E-state index in [-0.39, 0.29) is 11.9 Å². The van der Waals surface area contributed by atoms with E-state index >= 15 is 0 Å². The molecule has 0 bridgehead atoms. The Morgan fingerprint density at radius 3 is 3.06 bits per heavy atom. The minimum Gasteiger partial charge on any atom is -0.448 e. The van der Waals surface area contributed by atoms with Gasteiger partial charge in [-0.1, -0.05) is 13.8 Å². The van der Waals surface area contributed by atoms with Crippen LogP contribution in [0.5, 0.6) is 0 Å². The van der Waals surface area contributed by atoms with E-state index in [1.165, 1.54) is 0 Å². The number of nitrogens with one attached hydrogen (secondary N) is 1. The van der Waals surface area contributed by atoms with Crippen LogP contribution in [0.25, 0.3) is 0 Å². The molecule has 1 N–H and O–H groups in total. The number of aromatic nitrogens is 1. The summed E-state index contributed by atoms with van der Waals surface area (Å²) < 4.78 is 5.42. The lowest BCUT2D eigenvalue weighted by Crippen LogP contribution is -2.35. The molecule has 0 saturated carbocycles. The average molecular weight is 251 g/mol. The second-order valence-corrected chi connectivity index (χ2v) is 5.25. The van der Waals surface area contributed by atoms with Gasteiger partial charge >= 0.3 is 0 Å². The van der Waals surface area contributed by atoms with Crippen molar-refractivity contribution in [1.82, 2.24) is 15.2 Å². The molecule has 1 aromatic rings. The maximum Gasteiger partial charge on any atom is 0.217 e. The van der Waals surface area contributed by atoms with Gasteiger partial charge in [0.15, 0.2) is 5.89 Å². The number of amides is 1. The first-order valence-corrected chi connectivity index (χ1v) is 6.48. The molecule has 2 rings (SSSR count). The minimum atomic E-state index is 0.0466. The molecule has 0 aliphatic carbocycles. The first-order valence-electron chi connectivity index (χ1n) is 6.48. The van der Waals surface area contributed by atoms with Crippen LogP contribution >= 0.6 is 0 Å². The van der Waals surface area contributed by atoms with Gasteiger partial charge in [0.25, 0.3) is 0 Å². The van der Waals surface area contributed by atoms with Crippen molar-refractivity contribution in [2.24, 2.45) is 0 Å². The number of likely N-dealkylation sites (tertiary alicyclic amines) is 1. The highest BCUT2D eigenvalue weighted by Gasteiger charge is 2.23. The molecule has 2 heterocycles. The molecule has 1 aromatic heterocycles. The minimum absolute atomic E-state index is 0.0466. The van der Waals surface area contributed by atoms with Gasteiger partial charge in [-0.15, -0.1) is 0 Å². The van der Waals surface area contributed by atoms with Crippen molar-refractivity contribution in [2.45, 2.75) is 45.7 Å². The smallest absolute Gasteiger partial charge is 0.217 e. The largest absolute Gasteiger partial charge is 0.448 e. The number of carbonyl (C=O) groups excluding carboxylic acids is 1. The summed E-state index contributed by atoms with van der Waals surface area (Å²) in [6, 6.07) is 0.277. The van der Waals surface area contributed by atoms with E-state index in [2.05, 4.69) is 29.0 Å². The van der Waals surface area contributed by atoms with Gasteiger partial charge in [-0.25, -0.2) is 4.98 Å². The van der Waals surface area contributed by atoms with Crippen molar-refractivity contribution in [3.05, 3.63) is 17.8 Å². The second kappa shape index (κ2) is 5.52. The van der Waals surface area contributed by atoms with Gasteiger partial charge in [-0.05, 0) is 6.42 Å². The second-order valence-electron chi connectivity index (χ2n) is 5.25. The van der Waals surface area contributed by atoms with E-state index in [4.69, 9.17) is 4.42 Å². The van der Waals surface area contributed by atoms with Gasteiger partial charge in [-0.2, -0.15) is 0 Å². The standard InChI is InChI=1S/C13H21N3O2/c1-9(2)13-15-12(8-18-13)7-16-5-4-11(6-16)14-10(3)17/h8-9,11H,4-7H2,1-3H3,(H,14,17)/t11-/m0/s1. The fraction of sp³-hybridized carbons (Fsp3) is 0.692. The molecule has 5 heteroatoms. The molecule has 1 amide bonds. The summed E-state index contributed by atoms with van der Waals surface area (Å²) in [5, 5.41) is 2.96. The summed E-state index contributed by atoms with van der Waals surface area (Å²) in [5.74, 6) is 1.16. The Bertz CT molecular complexity index is 414. The molecule has 18 heavy (non-hydrogen) atoms. The summed E-state index contributed by atoms with van der Waals surface area (Å²) in [7, 11) is 0. The fourth-order valence-corrected chi connectivity index (χ4v) is 2.27. The topological polar surface area (TPSA) is 58.4 Å². The third-order valence-electron chi connectivity index (χ3n) is 3.13. The van der Waals surface area contributed by atoms with Crippen LogP contribution in [0.4, 0.5) is 0 Å². The van der Waals surface area contributed by atoms with Gasteiger partial charge in [0.05, 0.1) is 5.69 Å². The summed E-state index contributed by atoms with van der Waals surface area (Å²) in [6.45, 7) is 8.39. The third-order valence-corrected chi connectivity index (χ3v) is 3.13. The lowest BCUT2D eigenvalue weighted by molar-refractivity contribution is -0.119. The van der Waals surface area contributed by atoms with Gasteiger partial charge in [0.2, 0.25) is 5.91 Å². The molecule has 1 aliphatic heterocycles. The lowest BCUT2D eigenvalue weighted by Gasteiger charge is -2.14. The van der Waals surface area contributed by atoms with E-state index in [0.29, 0.717) is 5.92 Å². The fourth-order valence-electron chi connectivity index (χ4n) is 2.27. The Balaban J connectivity index is 1.85. The van der Waals surface area contributed by atoms with Gasteiger partial charge in [0, 0.05) is 38.5 Å². The van der Waals surface area contributed by atoms with E-state index in [0.717, 1.165) is 37.6 Å². The van der Waals surface area contributed by atoms with Crippen molar-refractivity contribution in [3.63, 3.8) is 0 Å². The van der Waals surface area contributed by atoms with E-state index in [1.54, 1.807) is 13.2 Å². The van der Waals surface area contributed by atoms with Gasteiger partial charge < -0.3 is 9.73 Å². The highest BCUT2D eigenvalue weighted by Crippen LogP contribution is 2.17. The summed E-state index contributed by atoms with van der Waals surface area (Å²) in [6.07, 6.45) is 2.75. The Morgan fingerprint density at radius 2 is 2.44 bits per heavy atom. The van der Waals surface area contributed by atoms with Crippen LogP contribution in [0.1, 0.15) is 44.7 Å². The summed E-state index contributed by atoms with van der Waals surface area (Å²) >= 11 is 0. The van der Waals surface area contributed by atoms with Crippen LogP contribution in [0.2, 0.25) is 0 Å². The first-order chi connectivity index (χ1) is 8.54. The Morgan fingerprint density at radius 1 is 1.67 bits per heavy atom. The normalized spacial score (nSPS) is 20.6. The van der Waals surface area contributed by atoms with Crippen molar-refractivity contribution in [2.75, 3.05) is 13.1 Å². The molecule has 5 nitrogen and oxygen atoms in total. The monoisotopic (exact) mass is 251 g/mol. The van der Waals surface area contributed by atoms with E-state index in [9.17, 15) is 4.79 Å². The van der Waals surface area contributed by atoms with Crippen LogP contribution in [0.3, 0.4) is 0 Å². The zero-order valence-corrected chi connectivity index (χ0v) is 11.3. The molecule has 1 fully saturated rings. The van der Waals surface area contributed by atoms with Gasteiger partial charge in [0.1, 0.15) is 6.26 Å². The molecule has 1 aliphatic rings. The Kier molecular flexibility index (Phi) is 4.01. The SMILES string of the molecule is CC(=O)N[C@H]1CCN(Cc2coc(C(C)C)n2)C1. The number of carbonyl (C=O) groups is 1. The third kappa shape index (κ3) is 3.32. The van der Waals surface area contributed by atoms with Gasteiger partial charge in [-0.3, -0.25) is 9.69 Å². The highest BCUT2D eigenvalue weighted by atomic mass is 16.3. The van der Waals surface area contributed by atoms with Crippen LogP contribution in [-0.4, -0.2) is 34.9 Å². The number of oxazole rings is 1. The molecule has 0 radical (unpaired) electrons. The van der Waals surface area contributed by atoms with Crippen LogP contribution in [-0.2, 0) is 11.3 Å². The molecule has 0 unspecified atom stereocenters. The average Bonchev–Trinajstić information content (AvgIpc) is 2.88. The molecule has 1 atom stereocenters. The molecular formula is C13H21N3O2. The lowest BCUT2D eigenvalue weighted by atomic mass is 10.2. The van der Waals surface area contributed by atoms with E-state index < -0.39 is 0 Å². The number of rotatable bonds is 4. The van der Waals surface area contributed by atoms with Crippen LogP contribution < -0.4 is 5.32 Å². The number of hydrogen-bond acceptors (Lipinski definition) is 4. The molecule has 0 aromatic carbocycles. The highest BCUT2D eigenvalue weighted by molar-refractivity contribution is 5.73. The van der Waals surface area contributed by atoms with Crippen molar-refractivity contribution in [3.8, 4) is 0 Å². The van der Waals surface area contributed by atoms with Crippen LogP contribution in [0.15, 0.2) is 10.7 Å². The van der Waals surface area contributed by atoms with Crippen molar-refractivity contribution in [1.29, 1.82) is 0 Å².